The summed E-state index contributed by atoms with van der Waals surface area (Å²) in [4.78, 5) is 8.40. The molecule has 0 radical (unpaired) electrons. The number of methoxy groups -OCH3 is 1. The Kier molecular flexibility index (Phi) is 1.88. The van der Waals surface area contributed by atoms with Crippen molar-refractivity contribution in [3.8, 4) is 6.01 Å². The summed E-state index contributed by atoms with van der Waals surface area (Å²) >= 11 is 1.43. The minimum atomic E-state index is 0.410. The summed E-state index contributed by atoms with van der Waals surface area (Å²) in [5.41, 5.74) is 2.76. The first-order chi connectivity index (χ1) is 6.22. The van der Waals surface area contributed by atoms with Crippen LogP contribution in [-0.4, -0.2) is 21.5 Å². The quantitative estimate of drug-likeness (QED) is 0.695. The van der Waals surface area contributed by atoms with E-state index in [4.69, 9.17) is 4.74 Å². The lowest BCUT2D eigenvalue weighted by molar-refractivity contribution is 0.381. The largest absolute Gasteiger partial charge is 0.467 e. The van der Waals surface area contributed by atoms with E-state index in [2.05, 4.69) is 14.3 Å². The number of hydrogen-bond acceptors (Lipinski definition) is 5. The number of aromatic nitrogens is 3. The highest BCUT2D eigenvalue weighted by Gasteiger charge is 2.09. The maximum absolute atomic E-state index is 4.98. The van der Waals surface area contributed by atoms with Crippen LogP contribution in [0.15, 0.2) is 0 Å². The topological polar surface area (TPSA) is 47.9 Å². The SMILES string of the molecule is COc1nc(C)c2snc(C)c2n1. The van der Waals surface area contributed by atoms with Gasteiger partial charge in [-0.3, -0.25) is 0 Å². The lowest BCUT2D eigenvalue weighted by Gasteiger charge is -1.99. The molecule has 0 unspecified atom stereocenters. The fraction of sp³-hybridized carbons (Fsp3) is 0.375. The molecule has 0 atom stereocenters. The van der Waals surface area contributed by atoms with Crippen molar-refractivity contribution < 1.29 is 4.74 Å². The van der Waals surface area contributed by atoms with Gasteiger partial charge in [-0.2, -0.15) is 14.3 Å². The summed E-state index contributed by atoms with van der Waals surface area (Å²) in [6.45, 7) is 3.87. The maximum atomic E-state index is 4.98. The first-order valence-corrected chi connectivity index (χ1v) is 4.64. The third-order valence-electron chi connectivity index (χ3n) is 1.81. The van der Waals surface area contributed by atoms with Crippen LogP contribution < -0.4 is 4.74 Å². The van der Waals surface area contributed by atoms with E-state index in [-0.39, 0.29) is 0 Å². The molecule has 0 spiro atoms. The Morgan fingerprint density at radius 2 is 1.92 bits per heavy atom. The second-order valence-electron chi connectivity index (χ2n) is 2.74. The number of rotatable bonds is 1. The standard InChI is InChI=1S/C8H9N3OS/c1-4-6-7(13-11-4)5(2)9-8(10-6)12-3/h1-3H3. The lowest BCUT2D eigenvalue weighted by Crippen LogP contribution is -1.94. The molecule has 0 saturated carbocycles. The van der Waals surface area contributed by atoms with Gasteiger partial charge in [0.1, 0.15) is 5.52 Å². The van der Waals surface area contributed by atoms with Crippen molar-refractivity contribution in [2.45, 2.75) is 13.8 Å². The van der Waals surface area contributed by atoms with E-state index in [1.54, 1.807) is 7.11 Å². The number of hydrogen-bond donors (Lipinski definition) is 0. The molecule has 2 aromatic rings. The van der Waals surface area contributed by atoms with Crippen LogP contribution in [0.1, 0.15) is 11.4 Å². The molecule has 0 aliphatic rings. The molecule has 68 valence electrons. The Morgan fingerprint density at radius 1 is 1.15 bits per heavy atom. The van der Waals surface area contributed by atoms with E-state index in [0.29, 0.717) is 6.01 Å². The van der Waals surface area contributed by atoms with Crippen LogP contribution in [0.25, 0.3) is 10.2 Å². The Bertz CT molecular complexity index is 452. The van der Waals surface area contributed by atoms with E-state index in [9.17, 15) is 0 Å². The molecule has 13 heavy (non-hydrogen) atoms. The fourth-order valence-corrected chi connectivity index (χ4v) is 1.91. The number of nitrogens with zero attached hydrogens (tertiary/aromatic N) is 3. The molecule has 0 amide bonds. The average Bonchev–Trinajstić information content (AvgIpc) is 2.48. The molecule has 0 aromatic carbocycles. The third-order valence-corrected chi connectivity index (χ3v) is 2.85. The van der Waals surface area contributed by atoms with Crippen LogP contribution >= 0.6 is 11.5 Å². The molecule has 0 aliphatic carbocycles. The van der Waals surface area contributed by atoms with Crippen LogP contribution in [0.5, 0.6) is 6.01 Å². The highest BCUT2D eigenvalue weighted by Crippen LogP contribution is 2.24. The predicted molar refractivity (Wildman–Crippen MR) is 51.2 cm³/mol. The summed E-state index contributed by atoms with van der Waals surface area (Å²) in [5.74, 6) is 0. The monoisotopic (exact) mass is 195 g/mol. The lowest BCUT2D eigenvalue weighted by atomic mass is 10.3. The van der Waals surface area contributed by atoms with Gasteiger partial charge in [0.05, 0.1) is 23.2 Å². The Morgan fingerprint density at radius 3 is 2.62 bits per heavy atom. The second-order valence-corrected chi connectivity index (χ2v) is 3.51. The van der Waals surface area contributed by atoms with E-state index in [1.165, 1.54) is 11.5 Å². The molecule has 0 N–H and O–H groups in total. The van der Waals surface area contributed by atoms with Gasteiger partial charge in [-0.15, -0.1) is 0 Å². The van der Waals surface area contributed by atoms with Gasteiger partial charge in [-0.25, -0.2) is 0 Å². The van der Waals surface area contributed by atoms with E-state index in [0.717, 1.165) is 21.6 Å². The van der Waals surface area contributed by atoms with Crippen molar-refractivity contribution in [1.82, 2.24) is 14.3 Å². The van der Waals surface area contributed by atoms with Crippen molar-refractivity contribution in [2.24, 2.45) is 0 Å². The van der Waals surface area contributed by atoms with Gasteiger partial charge in [0.15, 0.2) is 0 Å². The first-order valence-electron chi connectivity index (χ1n) is 3.87. The van der Waals surface area contributed by atoms with Crippen LogP contribution in [0.2, 0.25) is 0 Å². The van der Waals surface area contributed by atoms with Gasteiger partial charge in [0.25, 0.3) is 0 Å². The molecule has 0 saturated heterocycles. The van der Waals surface area contributed by atoms with Gasteiger partial charge in [0.2, 0.25) is 0 Å². The summed E-state index contributed by atoms with van der Waals surface area (Å²) in [6, 6.07) is 0.410. The molecular formula is C8H9N3OS. The summed E-state index contributed by atoms with van der Waals surface area (Å²) in [7, 11) is 1.57. The number of aryl methyl sites for hydroxylation is 2. The zero-order chi connectivity index (χ0) is 9.42. The number of ether oxygens (including phenoxy) is 1. The van der Waals surface area contributed by atoms with Gasteiger partial charge >= 0.3 is 6.01 Å². The smallest absolute Gasteiger partial charge is 0.317 e. The molecule has 2 aromatic heterocycles. The van der Waals surface area contributed by atoms with Crippen molar-refractivity contribution >= 4 is 21.7 Å². The van der Waals surface area contributed by atoms with Crippen LogP contribution in [0.4, 0.5) is 0 Å². The Labute approximate surface area is 79.8 Å². The van der Waals surface area contributed by atoms with E-state index >= 15 is 0 Å². The van der Waals surface area contributed by atoms with Crippen molar-refractivity contribution in [1.29, 1.82) is 0 Å². The zero-order valence-electron chi connectivity index (χ0n) is 7.66. The molecular weight excluding hydrogens is 186 g/mol. The van der Waals surface area contributed by atoms with Crippen LogP contribution in [-0.2, 0) is 0 Å². The van der Waals surface area contributed by atoms with Crippen LogP contribution in [0.3, 0.4) is 0 Å². The fourth-order valence-electron chi connectivity index (χ4n) is 1.14. The van der Waals surface area contributed by atoms with E-state index < -0.39 is 0 Å². The van der Waals surface area contributed by atoms with E-state index in [1.807, 2.05) is 13.8 Å². The minimum absolute atomic E-state index is 0.410. The predicted octanol–water partition coefficient (Wildman–Crippen LogP) is 1.71. The summed E-state index contributed by atoms with van der Waals surface area (Å²) in [5, 5.41) is 0. The molecule has 5 heteroatoms. The molecule has 0 fully saturated rings. The van der Waals surface area contributed by atoms with Gasteiger partial charge < -0.3 is 4.74 Å². The summed E-state index contributed by atoms with van der Waals surface area (Å²) in [6.07, 6.45) is 0. The minimum Gasteiger partial charge on any atom is -0.467 e. The Hall–Kier alpha value is -1.23. The highest BCUT2D eigenvalue weighted by atomic mass is 32.1. The third kappa shape index (κ3) is 1.25. The van der Waals surface area contributed by atoms with Gasteiger partial charge in [0, 0.05) is 0 Å². The van der Waals surface area contributed by atoms with Crippen molar-refractivity contribution in [3.63, 3.8) is 0 Å². The zero-order valence-corrected chi connectivity index (χ0v) is 8.47. The van der Waals surface area contributed by atoms with Crippen molar-refractivity contribution in [2.75, 3.05) is 7.11 Å². The van der Waals surface area contributed by atoms with Crippen molar-refractivity contribution in [3.05, 3.63) is 11.4 Å². The first kappa shape index (κ1) is 8.37. The second kappa shape index (κ2) is 2.92. The molecule has 2 heterocycles. The Balaban J connectivity index is 2.80. The molecule has 4 nitrogen and oxygen atoms in total. The van der Waals surface area contributed by atoms with Gasteiger partial charge in [-0.05, 0) is 25.4 Å². The maximum Gasteiger partial charge on any atom is 0.317 e. The average molecular weight is 195 g/mol. The molecule has 0 bridgehead atoms. The van der Waals surface area contributed by atoms with Gasteiger partial charge in [-0.1, -0.05) is 0 Å². The molecule has 0 aliphatic heterocycles. The molecule has 2 rings (SSSR count). The number of fused-ring (bicyclic) bond motifs is 1. The van der Waals surface area contributed by atoms with Crippen LogP contribution in [0, 0.1) is 13.8 Å². The normalized spacial score (nSPS) is 10.7. The summed E-state index contributed by atoms with van der Waals surface area (Å²) < 4.78 is 10.2. The highest BCUT2D eigenvalue weighted by molar-refractivity contribution is 7.13.